The van der Waals surface area contributed by atoms with Crippen molar-refractivity contribution in [1.29, 1.82) is 5.26 Å². The second-order valence-electron chi connectivity index (χ2n) is 11.2. The van der Waals surface area contributed by atoms with Crippen molar-refractivity contribution < 1.29 is 22.0 Å². The van der Waals surface area contributed by atoms with Gasteiger partial charge in [0.05, 0.1) is 22.7 Å². The number of halogens is 2. The van der Waals surface area contributed by atoms with E-state index in [0.29, 0.717) is 60.4 Å². The summed E-state index contributed by atoms with van der Waals surface area (Å²) in [6, 6.07) is 4.88. The van der Waals surface area contributed by atoms with Crippen LogP contribution in [0.1, 0.15) is 57.4 Å². The van der Waals surface area contributed by atoms with Crippen molar-refractivity contribution in [3.63, 3.8) is 0 Å². The van der Waals surface area contributed by atoms with E-state index >= 15 is 0 Å². The number of nitriles is 1. The van der Waals surface area contributed by atoms with Crippen molar-refractivity contribution in [2.45, 2.75) is 68.9 Å². The van der Waals surface area contributed by atoms with Crippen molar-refractivity contribution in [2.75, 3.05) is 24.5 Å². The number of fused-ring (bicyclic) bond motifs is 1. The lowest BCUT2D eigenvalue weighted by atomic mass is 9.69. The van der Waals surface area contributed by atoms with Gasteiger partial charge in [-0.15, -0.1) is 10.2 Å². The number of carbonyl (C=O) groups is 1. The molecule has 3 aromatic rings. The zero-order valence-corrected chi connectivity index (χ0v) is 23.6. The van der Waals surface area contributed by atoms with Crippen LogP contribution >= 0.6 is 11.3 Å². The number of benzene rings is 1. The van der Waals surface area contributed by atoms with Crippen LogP contribution in [0.2, 0.25) is 0 Å². The number of nitrogens with one attached hydrogen (secondary N) is 1. The normalized spacial score (nSPS) is 21.9. The van der Waals surface area contributed by atoms with Gasteiger partial charge in [-0.1, -0.05) is 24.7 Å². The van der Waals surface area contributed by atoms with E-state index in [4.69, 9.17) is 0 Å². The number of alkyl halides is 2. The Kier molecular flexibility index (Phi) is 6.35. The van der Waals surface area contributed by atoms with Crippen molar-refractivity contribution in [3.8, 4) is 11.2 Å². The van der Waals surface area contributed by atoms with Gasteiger partial charge < -0.3 is 9.80 Å². The molecule has 11 nitrogen and oxygen atoms in total. The predicted octanol–water partition coefficient (Wildman–Crippen LogP) is 3.38. The molecule has 2 aromatic heterocycles. The molecule has 3 aliphatic rings. The maximum atomic E-state index is 13.5. The third-order valence-corrected chi connectivity index (χ3v) is 10.7. The fourth-order valence-corrected chi connectivity index (χ4v) is 7.56. The maximum absolute atomic E-state index is 13.5. The Morgan fingerprint density at radius 1 is 1.23 bits per heavy atom. The summed E-state index contributed by atoms with van der Waals surface area (Å²) in [5.74, 6) is 0.154. The summed E-state index contributed by atoms with van der Waals surface area (Å²) in [6.45, 7) is 5.41. The lowest BCUT2D eigenvalue weighted by Crippen LogP contribution is -2.58. The molecule has 1 amide bonds. The van der Waals surface area contributed by atoms with Crippen LogP contribution in [0.25, 0.3) is 16.0 Å². The molecular weight excluding hydrogens is 562 g/mol. The Hall–Kier alpha value is -3.22. The number of sulfonamides is 1. The van der Waals surface area contributed by atoms with Gasteiger partial charge >= 0.3 is 0 Å². The molecule has 212 valence electrons. The van der Waals surface area contributed by atoms with Crippen LogP contribution in [0.3, 0.4) is 0 Å². The number of hydrogen-bond acceptors (Lipinski definition) is 9. The summed E-state index contributed by atoms with van der Waals surface area (Å²) in [6.07, 6.45) is 2.41. The SMILES string of the molecule is C[C@@H]1CN(c2cc(S(=O)(=O)NC3(C#N)CC3)cc3c2cnn3-c2nnc(C(F)F)s2)CCN1C(=O)C1(C)CCC1. The molecular formula is C25H28F2N8O3S2. The molecule has 2 aliphatic carbocycles. The molecule has 1 N–H and O–H groups in total. The second-order valence-corrected chi connectivity index (χ2v) is 13.8. The fourth-order valence-electron chi connectivity index (χ4n) is 5.48. The zero-order chi connectivity index (χ0) is 28.4. The topological polar surface area (TPSA) is 137 Å². The van der Waals surface area contributed by atoms with E-state index in [2.05, 4.69) is 20.0 Å². The smallest absolute Gasteiger partial charge is 0.291 e. The highest BCUT2D eigenvalue weighted by atomic mass is 32.2. The highest BCUT2D eigenvalue weighted by molar-refractivity contribution is 7.89. The van der Waals surface area contributed by atoms with Crippen LogP contribution in [0.15, 0.2) is 23.2 Å². The van der Waals surface area contributed by atoms with Crippen LogP contribution in [-0.4, -0.2) is 70.4 Å². The first-order chi connectivity index (χ1) is 19.0. The number of aromatic nitrogens is 4. The third kappa shape index (κ3) is 4.51. The summed E-state index contributed by atoms with van der Waals surface area (Å²) >= 11 is 0.668. The van der Waals surface area contributed by atoms with Gasteiger partial charge in [0.25, 0.3) is 6.43 Å². The molecule has 0 spiro atoms. The highest BCUT2D eigenvalue weighted by Gasteiger charge is 2.47. The molecule has 40 heavy (non-hydrogen) atoms. The minimum absolute atomic E-state index is 0.0759. The summed E-state index contributed by atoms with van der Waals surface area (Å²) in [5, 5.41) is 21.4. The molecule has 0 unspecified atom stereocenters. The predicted molar refractivity (Wildman–Crippen MR) is 143 cm³/mol. The van der Waals surface area contributed by atoms with Gasteiger partial charge in [0, 0.05) is 42.2 Å². The van der Waals surface area contributed by atoms with E-state index < -0.39 is 27.0 Å². The van der Waals surface area contributed by atoms with E-state index in [1.807, 2.05) is 29.7 Å². The average molecular weight is 591 g/mol. The molecule has 3 heterocycles. The molecule has 6 rings (SSSR count). The fraction of sp³-hybridized carbons (Fsp3) is 0.560. The van der Waals surface area contributed by atoms with Crippen LogP contribution in [0, 0.1) is 16.7 Å². The van der Waals surface area contributed by atoms with Crippen LogP contribution in [0.4, 0.5) is 14.5 Å². The minimum atomic E-state index is -4.12. The number of nitrogens with zero attached hydrogens (tertiary/aromatic N) is 7. The first-order valence-electron chi connectivity index (χ1n) is 13.1. The first kappa shape index (κ1) is 27.0. The molecule has 15 heteroatoms. The summed E-state index contributed by atoms with van der Waals surface area (Å²) in [7, 11) is -4.12. The molecule has 0 radical (unpaired) electrons. The molecule has 1 saturated heterocycles. The quantitative estimate of drug-likeness (QED) is 0.442. The Balaban J connectivity index is 1.40. The van der Waals surface area contributed by atoms with Gasteiger partial charge in [-0.25, -0.2) is 21.9 Å². The van der Waals surface area contributed by atoms with Crippen molar-refractivity contribution in [1.82, 2.24) is 29.6 Å². The average Bonchev–Trinajstić information content (AvgIpc) is 3.29. The number of hydrogen-bond donors (Lipinski definition) is 1. The van der Waals surface area contributed by atoms with Gasteiger partial charge in [0.15, 0.2) is 5.01 Å². The van der Waals surface area contributed by atoms with Gasteiger partial charge in [0.1, 0.15) is 5.54 Å². The summed E-state index contributed by atoms with van der Waals surface area (Å²) < 4.78 is 57.2. The molecule has 1 aliphatic heterocycles. The summed E-state index contributed by atoms with van der Waals surface area (Å²) in [5.41, 5.74) is -0.510. The monoisotopic (exact) mass is 590 g/mol. The van der Waals surface area contributed by atoms with Crippen molar-refractivity contribution >= 4 is 43.9 Å². The number of anilines is 1. The van der Waals surface area contributed by atoms with Gasteiger partial charge in [-0.2, -0.15) is 15.1 Å². The zero-order valence-electron chi connectivity index (χ0n) is 22.0. The number of piperazine rings is 1. The lowest BCUT2D eigenvalue weighted by molar-refractivity contribution is -0.148. The molecule has 0 bridgehead atoms. The van der Waals surface area contributed by atoms with Crippen molar-refractivity contribution in [3.05, 3.63) is 23.3 Å². The van der Waals surface area contributed by atoms with E-state index in [1.54, 1.807) is 12.3 Å². The van der Waals surface area contributed by atoms with Crippen LogP contribution < -0.4 is 9.62 Å². The van der Waals surface area contributed by atoms with Crippen molar-refractivity contribution in [2.24, 2.45) is 5.41 Å². The lowest BCUT2D eigenvalue weighted by Gasteiger charge is -2.47. The largest absolute Gasteiger partial charge is 0.367 e. The molecule has 2 saturated carbocycles. The molecule has 1 atom stereocenters. The Morgan fingerprint density at radius 2 is 1.98 bits per heavy atom. The summed E-state index contributed by atoms with van der Waals surface area (Å²) in [4.78, 5) is 17.1. The molecule has 3 fully saturated rings. The Labute approximate surface area is 233 Å². The first-order valence-corrected chi connectivity index (χ1v) is 15.4. The van der Waals surface area contributed by atoms with Gasteiger partial charge in [-0.05, 0) is 44.7 Å². The van der Waals surface area contributed by atoms with E-state index in [1.165, 1.54) is 10.7 Å². The Bertz CT molecular complexity index is 1640. The van der Waals surface area contributed by atoms with E-state index in [9.17, 15) is 27.3 Å². The number of rotatable bonds is 7. The number of amides is 1. The third-order valence-electron chi connectivity index (χ3n) is 8.24. The van der Waals surface area contributed by atoms with Gasteiger partial charge in [-0.3, -0.25) is 4.79 Å². The van der Waals surface area contributed by atoms with E-state index in [-0.39, 0.29) is 27.4 Å². The minimum Gasteiger partial charge on any atom is -0.367 e. The van der Waals surface area contributed by atoms with Gasteiger partial charge in [0.2, 0.25) is 21.1 Å². The van der Waals surface area contributed by atoms with Crippen LogP contribution in [-0.2, 0) is 14.8 Å². The highest BCUT2D eigenvalue weighted by Crippen LogP contribution is 2.43. The standard InChI is InChI=1S/C25H28F2N8O3S2/c1-15-13-33(8-9-34(15)22(36)24(2)4-3-5-24)18-10-16(40(37,38)32-25(14-28)6-7-25)11-19-17(18)12-29-35(19)23-31-30-21(39-23)20(26)27/h10-12,15,20,32H,3-9,13H2,1-2H3/t15-/m1/s1. The molecule has 1 aromatic carbocycles. The Morgan fingerprint density at radius 3 is 2.55 bits per heavy atom. The number of carbonyl (C=O) groups excluding carboxylic acids is 1. The van der Waals surface area contributed by atoms with Crippen LogP contribution in [0.5, 0.6) is 0 Å². The second kappa shape index (κ2) is 9.42. The van der Waals surface area contributed by atoms with E-state index in [0.717, 1.165) is 19.3 Å². The maximum Gasteiger partial charge on any atom is 0.291 e.